The number of hydrogen-bond acceptors (Lipinski definition) is 6. The highest BCUT2D eigenvalue weighted by Gasteiger charge is 2.27. The van der Waals surface area contributed by atoms with Gasteiger partial charge in [0.2, 0.25) is 0 Å². The van der Waals surface area contributed by atoms with Crippen molar-refractivity contribution >= 4 is 23.1 Å². The molecule has 1 aliphatic rings. The summed E-state index contributed by atoms with van der Waals surface area (Å²) in [6.07, 6.45) is 3.42. The van der Waals surface area contributed by atoms with Gasteiger partial charge >= 0.3 is 0 Å². The maximum absolute atomic E-state index is 5.86. The number of hydrogen-bond donors (Lipinski definition) is 0. The molecule has 96 valence electrons. The number of morpholine rings is 1. The zero-order chi connectivity index (χ0) is 12.5. The molecule has 2 aromatic heterocycles. The first-order valence-corrected chi connectivity index (χ1v) is 6.29. The van der Waals surface area contributed by atoms with Gasteiger partial charge in [-0.3, -0.25) is 4.98 Å². The van der Waals surface area contributed by atoms with Crippen molar-refractivity contribution in [3.05, 3.63) is 12.4 Å². The Kier molecular flexibility index (Phi) is 3.00. The summed E-state index contributed by atoms with van der Waals surface area (Å²) in [5.41, 5.74) is 0.633. The van der Waals surface area contributed by atoms with Gasteiger partial charge in [0.25, 0.3) is 0 Å². The summed E-state index contributed by atoms with van der Waals surface area (Å²) in [6, 6.07) is 0.237. The van der Waals surface area contributed by atoms with E-state index in [1.165, 1.54) is 0 Å². The fourth-order valence-electron chi connectivity index (χ4n) is 2.09. The van der Waals surface area contributed by atoms with Crippen molar-refractivity contribution in [3.63, 3.8) is 0 Å². The Morgan fingerprint density at radius 1 is 1.50 bits per heavy atom. The average molecular weight is 269 g/mol. The molecule has 8 heteroatoms. The van der Waals surface area contributed by atoms with E-state index in [1.807, 2.05) is 0 Å². The van der Waals surface area contributed by atoms with Gasteiger partial charge in [0.1, 0.15) is 0 Å². The molecule has 7 nitrogen and oxygen atoms in total. The maximum Gasteiger partial charge on any atom is 0.199 e. The van der Waals surface area contributed by atoms with Crippen molar-refractivity contribution in [2.45, 2.75) is 19.1 Å². The lowest BCUT2D eigenvalue weighted by molar-refractivity contribution is 0.0359. The van der Waals surface area contributed by atoms with Gasteiger partial charge < -0.3 is 9.64 Å². The van der Waals surface area contributed by atoms with Crippen LogP contribution in [0.2, 0.25) is 0 Å². The Morgan fingerprint density at radius 2 is 2.39 bits per heavy atom. The second kappa shape index (κ2) is 4.66. The number of anilines is 1. The molecule has 3 heterocycles. The van der Waals surface area contributed by atoms with Gasteiger partial charge in [-0.25, -0.2) is 0 Å². The average Bonchev–Trinajstić information content (AvgIpc) is 2.87. The summed E-state index contributed by atoms with van der Waals surface area (Å²) in [7, 11) is 0. The first kappa shape index (κ1) is 11.6. The summed E-state index contributed by atoms with van der Waals surface area (Å²) >= 11 is 5.86. The van der Waals surface area contributed by atoms with Crippen molar-refractivity contribution in [3.8, 4) is 0 Å². The number of ether oxygens (including phenoxy) is 1. The van der Waals surface area contributed by atoms with Crippen molar-refractivity contribution in [2.24, 2.45) is 0 Å². The molecular formula is C10H13ClN6O. The van der Waals surface area contributed by atoms with Crippen LogP contribution in [0.3, 0.4) is 0 Å². The highest BCUT2D eigenvalue weighted by atomic mass is 35.5. The molecule has 3 rings (SSSR count). The third-order valence-electron chi connectivity index (χ3n) is 3.06. The van der Waals surface area contributed by atoms with Gasteiger partial charge in [-0.05, 0) is 17.4 Å². The molecule has 0 spiro atoms. The van der Waals surface area contributed by atoms with Crippen LogP contribution < -0.4 is 4.90 Å². The van der Waals surface area contributed by atoms with Crippen LogP contribution in [0.5, 0.6) is 0 Å². The van der Waals surface area contributed by atoms with Crippen molar-refractivity contribution < 1.29 is 4.74 Å². The monoisotopic (exact) mass is 268 g/mol. The van der Waals surface area contributed by atoms with Gasteiger partial charge in [-0.2, -0.15) is 4.52 Å². The van der Waals surface area contributed by atoms with Crippen LogP contribution in [0.4, 0.5) is 5.82 Å². The predicted octanol–water partition coefficient (Wildman–Crippen LogP) is 0.352. The van der Waals surface area contributed by atoms with Crippen molar-refractivity contribution in [1.29, 1.82) is 0 Å². The smallest absolute Gasteiger partial charge is 0.199 e. The molecule has 2 aromatic rings. The highest BCUT2D eigenvalue weighted by molar-refractivity contribution is 6.18. The lowest BCUT2D eigenvalue weighted by atomic mass is 10.2. The van der Waals surface area contributed by atoms with E-state index < -0.39 is 0 Å². The predicted molar refractivity (Wildman–Crippen MR) is 65.8 cm³/mol. The second-order valence-electron chi connectivity index (χ2n) is 4.33. The first-order chi connectivity index (χ1) is 8.79. The number of nitrogens with zero attached hydrogens (tertiary/aromatic N) is 6. The van der Waals surface area contributed by atoms with Crippen LogP contribution in [0, 0.1) is 0 Å². The summed E-state index contributed by atoms with van der Waals surface area (Å²) in [6.45, 7) is 3.44. The lowest BCUT2D eigenvalue weighted by Crippen LogP contribution is -2.49. The molecule has 18 heavy (non-hydrogen) atoms. The van der Waals surface area contributed by atoms with E-state index in [9.17, 15) is 0 Å². The van der Waals surface area contributed by atoms with E-state index in [0.717, 1.165) is 5.82 Å². The van der Waals surface area contributed by atoms with Crippen LogP contribution in [-0.2, 0) is 4.74 Å². The highest BCUT2D eigenvalue weighted by Crippen LogP contribution is 2.21. The molecule has 0 aromatic carbocycles. The molecule has 0 N–H and O–H groups in total. The molecule has 2 unspecified atom stereocenters. The van der Waals surface area contributed by atoms with E-state index in [-0.39, 0.29) is 12.1 Å². The quantitative estimate of drug-likeness (QED) is 0.732. The van der Waals surface area contributed by atoms with E-state index in [0.29, 0.717) is 24.7 Å². The molecule has 0 saturated carbocycles. The minimum atomic E-state index is 0.0228. The number of halogens is 1. The molecule has 0 aliphatic carbocycles. The minimum absolute atomic E-state index is 0.0228. The Bertz CT molecular complexity index is 546. The van der Waals surface area contributed by atoms with Crippen molar-refractivity contribution in [2.75, 3.05) is 23.9 Å². The van der Waals surface area contributed by atoms with E-state index >= 15 is 0 Å². The molecule has 0 radical (unpaired) electrons. The molecule has 0 amide bonds. The third-order valence-corrected chi connectivity index (χ3v) is 3.41. The largest absolute Gasteiger partial charge is 0.373 e. The molecule has 1 aliphatic heterocycles. The number of tetrazole rings is 1. The summed E-state index contributed by atoms with van der Waals surface area (Å²) in [5.74, 6) is 1.34. The van der Waals surface area contributed by atoms with Gasteiger partial charge in [-0.1, -0.05) is 0 Å². The Labute approximate surface area is 109 Å². The Morgan fingerprint density at radius 3 is 3.22 bits per heavy atom. The van der Waals surface area contributed by atoms with Crippen LogP contribution in [0.25, 0.3) is 5.65 Å². The number of aromatic nitrogens is 5. The van der Waals surface area contributed by atoms with Gasteiger partial charge in [0, 0.05) is 6.54 Å². The number of fused-ring (bicyclic) bond motifs is 1. The van der Waals surface area contributed by atoms with E-state index in [2.05, 4.69) is 32.3 Å². The zero-order valence-electron chi connectivity index (χ0n) is 9.90. The summed E-state index contributed by atoms with van der Waals surface area (Å²) in [4.78, 5) is 6.34. The first-order valence-electron chi connectivity index (χ1n) is 5.76. The van der Waals surface area contributed by atoms with E-state index in [4.69, 9.17) is 16.3 Å². The van der Waals surface area contributed by atoms with E-state index in [1.54, 1.807) is 16.9 Å². The fraction of sp³-hybridized carbons (Fsp3) is 0.600. The standard InChI is InChI=1S/C10H13ClN6O/c1-7-6-18-8(2-11)5-16(7)10-4-12-3-9-13-14-15-17(9)10/h3-4,7-8H,2,5-6H2,1H3. The van der Waals surface area contributed by atoms with Crippen LogP contribution >= 0.6 is 11.6 Å². The molecule has 0 bridgehead atoms. The summed E-state index contributed by atoms with van der Waals surface area (Å²) in [5, 5.41) is 11.5. The zero-order valence-corrected chi connectivity index (χ0v) is 10.7. The second-order valence-corrected chi connectivity index (χ2v) is 4.63. The number of rotatable bonds is 2. The topological polar surface area (TPSA) is 68.4 Å². The van der Waals surface area contributed by atoms with Gasteiger partial charge in [0.05, 0.1) is 37.0 Å². The van der Waals surface area contributed by atoms with Gasteiger partial charge in [0.15, 0.2) is 11.5 Å². The fourth-order valence-corrected chi connectivity index (χ4v) is 2.28. The van der Waals surface area contributed by atoms with Crippen LogP contribution in [0.15, 0.2) is 12.4 Å². The van der Waals surface area contributed by atoms with Crippen LogP contribution in [-0.4, -0.2) is 56.2 Å². The molecule has 1 saturated heterocycles. The lowest BCUT2D eigenvalue weighted by Gasteiger charge is -2.38. The third kappa shape index (κ3) is 1.89. The summed E-state index contributed by atoms with van der Waals surface area (Å²) < 4.78 is 7.31. The van der Waals surface area contributed by atoms with Crippen LogP contribution in [0.1, 0.15) is 6.92 Å². The normalized spacial score (nSPS) is 24.7. The minimum Gasteiger partial charge on any atom is -0.373 e. The Balaban J connectivity index is 1.99. The van der Waals surface area contributed by atoms with Gasteiger partial charge in [-0.15, -0.1) is 16.7 Å². The number of alkyl halides is 1. The molecular weight excluding hydrogens is 256 g/mol. The van der Waals surface area contributed by atoms with Crippen molar-refractivity contribution in [1.82, 2.24) is 25.0 Å². The molecule has 1 fully saturated rings. The maximum atomic E-state index is 5.86. The Hall–Kier alpha value is -1.47. The SMILES string of the molecule is CC1COC(CCl)CN1c1cncc2nnnn12. The molecule has 2 atom stereocenters.